The molecule has 2 nitrogen and oxygen atoms in total. The second kappa shape index (κ2) is 8.44. The topological polar surface area (TPSA) is 21.3 Å². The average molecular weight is 322 g/mol. The van der Waals surface area contributed by atoms with E-state index in [1.807, 2.05) is 24.3 Å². The molecule has 21 heavy (non-hydrogen) atoms. The van der Waals surface area contributed by atoms with Gasteiger partial charge in [-0.05, 0) is 42.3 Å². The zero-order chi connectivity index (χ0) is 15.1. The standard InChI is InChI=1S/C17H20ClNOS/c1-13-11-15(21-17-6-4-3-5-16(17)18)8-7-14(13)12-19-9-10-20-2/h3-8,11,19H,9-10,12H2,1-2H3. The van der Waals surface area contributed by atoms with Crippen LogP contribution < -0.4 is 5.32 Å². The van der Waals surface area contributed by atoms with Crippen molar-refractivity contribution in [3.8, 4) is 0 Å². The molecule has 0 unspecified atom stereocenters. The number of nitrogens with one attached hydrogen (secondary N) is 1. The van der Waals surface area contributed by atoms with E-state index in [4.69, 9.17) is 16.3 Å². The fourth-order valence-electron chi connectivity index (χ4n) is 1.98. The molecule has 0 fully saturated rings. The quantitative estimate of drug-likeness (QED) is 0.757. The molecule has 2 aromatic rings. The number of benzene rings is 2. The molecular formula is C17H20ClNOS. The zero-order valence-electron chi connectivity index (χ0n) is 12.4. The van der Waals surface area contributed by atoms with Gasteiger partial charge in [0.2, 0.25) is 0 Å². The Morgan fingerprint density at radius 1 is 1.19 bits per heavy atom. The summed E-state index contributed by atoms with van der Waals surface area (Å²) in [7, 11) is 1.72. The molecule has 2 rings (SSSR count). The third kappa shape index (κ3) is 5.04. The lowest BCUT2D eigenvalue weighted by Gasteiger charge is -2.10. The van der Waals surface area contributed by atoms with Crippen LogP contribution in [0.3, 0.4) is 0 Å². The van der Waals surface area contributed by atoms with Crippen LogP contribution in [-0.4, -0.2) is 20.3 Å². The molecule has 0 saturated carbocycles. The number of halogens is 1. The summed E-state index contributed by atoms with van der Waals surface area (Å²) in [4.78, 5) is 2.30. The first-order valence-electron chi connectivity index (χ1n) is 6.92. The SMILES string of the molecule is COCCNCc1ccc(Sc2ccccc2Cl)cc1C. The number of hydrogen-bond acceptors (Lipinski definition) is 3. The summed E-state index contributed by atoms with van der Waals surface area (Å²) in [6.07, 6.45) is 0. The van der Waals surface area contributed by atoms with Crippen molar-refractivity contribution in [3.63, 3.8) is 0 Å². The van der Waals surface area contributed by atoms with Gasteiger partial charge in [-0.2, -0.15) is 0 Å². The Morgan fingerprint density at radius 2 is 2.00 bits per heavy atom. The van der Waals surface area contributed by atoms with Crippen molar-refractivity contribution >= 4 is 23.4 Å². The third-order valence-corrected chi connectivity index (χ3v) is 4.68. The maximum atomic E-state index is 6.20. The van der Waals surface area contributed by atoms with Gasteiger partial charge < -0.3 is 10.1 Å². The average Bonchev–Trinajstić information content (AvgIpc) is 2.48. The predicted octanol–water partition coefficient (Wildman–Crippen LogP) is 4.54. The van der Waals surface area contributed by atoms with Crippen LogP contribution in [0.4, 0.5) is 0 Å². The van der Waals surface area contributed by atoms with Crippen LogP contribution in [0.5, 0.6) is 0 Å². The molecule has 0 aliphatic rings. The summed E-state index contributed by atoms with van der Waals surface area (Å²) in [6, 6.07) is 14.5. The lowest BCUT2D eigenvalue weighted by atomic mass is 10.1. The summed E-state index contributed by atoms with van der Waals surface area (Å²) in [5, 5.41) is 4.17. The van der Waals surface area contributed by atoms with Crippen molar-refractivity contribution in [2.45, 2.75) is 23.3 Å². The maximum Gasteiger partial charge on any atom is 0.0587 e. The van der Waals surface area contributed by atoms with Gasteiger partial charge in [0.15, 0.2) is 0 Å². The molecule has 0 aromatic heterocycles. The van der Waals surface area contributed by atoms with E-state index in [9.17, 15) is 0 Å². The minimum atomic E-state index is 0.736. The van der Waals surface area contributed by atoms with E-state index in [1.165, 1.54) is 16.0 Å². The van der Waals surface area contributed by atoms with Crippen molar-refractivity contribution in [2.75, 3.05) is 20.3 Å². The minimum absolute atomic E-state index is 0.736. The molecule has 0 bridgehead atoms. The molecule has 4 heteroatoms. The molecule has 0 amide bonds. The molecule has 0 heterocycles. The molecule has 0 radical (unpaired) electrons. The van der Waals surface area contributed by atoms with Crippen LogP contribution in [0.15, 0.2) is 52.3 Å². The lowest BCUT2D eigenvalue weighted by Crippen LogP contribution is -2.19. The van der Waals surface area contributed by atoms with Crippen LogP contribution in [0.1, 0.15) is 11.1 Å². The van der Waals surface area contributed by atoms with Crippen molar-refractivity contribution < 1.29 is 4.74 Å². The molecule has 112 valence electrons. The number of aryl methyl sites for hydroxylation is 1. The van der Waals surface area contributed by atoms with E-state index < -0.39 is 0 Å². The highest BCUT2D eigenvalue weighted by Crippen LogP contribution is 2.33. The van der Waals surface area contributed by atoms with Gasteiger partial charge in [-0.1, -0.05) is 41.6 Å². The molecule has 1 N–H and O–H groups in total. The third-order valence-electron chi connectivity index (χ3n) is 3.18. The molecular weight excluding hydrogens is 302 g/mol. The maximum absolute atomic E-state index is 6.20. The van der Waals surface area contributed by atoms with Crippen LogP contribution in [0.25, 0.3) is 0 Å². The van der Waals surface area contributed by atoms with Gasteiger partial charge >= 0.3 is 0 Å². The Kier molecular flexibility index (Phi) is 6.58. The van der Waals surface area contributed by atoms with Crippen LogP contribution in [0, 0.1) is 6.92 Å². The van der Waals surface area contributed by atoms with E-state index in [2.05, 4.69) is 30.4 Å². The fourth-order valence-corrected chi connectivity index (χ4v) is 3.17. The van der Waals surface area contributed by atoms with Crippen molar-refractivity contribution in [2.24, 2.45) is 0 Å². The highest BCUT2D eigenvalue weighted by atomic mass is 35.5. The minimum Gasteiger partial charge on any atom is -0.383 e. The number of hydrogen-bond donors (Lipinski definition) is 1. The van der Waals surface area contributed by atoms with E-state index in [0.717, 1.165) is 29.6 Å². The molecule has 2 aromatic carbocycles. The fraction of sp³-hybridized carbons (Fsp3) is 0.294. The second-order valence-corrected chi connectivity index (χ2v) is 6.31. The Labute approximate surface area is 135 Å². The van der Waals surface area contributed by atoms with E-state index >= 15 is 0 Å². The van der Waals surface area contributed by atoms with Crippen molar-refractivity contribution in [1.82, 2.24) is 5.32 Å². The zero-order valence-corrected chi connectivity index (χ0v) is 13.9. The smallest absolute Gasteiger partial charge is 0.0587 e. The molecule has 0 aliphatic heterocycles. The Balaban J connectivity index is 2.00. The van der Waals surface area contributed by atoms with E-state index in [0.29, 0.717) is 0 Å². The van der Waals surface area contributed by atoms with Crippen molar-refractivity contribution in [3.05, 3.63) is 58.6 Å². The van der Waals surface area contributed by atoms with Gasteiger partial charge in [-0.15, -0.1) is 0 Å². The second-order valence-electron chi connectivity index (χ2n) is 4.79. The monoisotopic (exact) mass is 321 g/mol. The lowest BCUT2D eigenvalue weighted by molar-refractivity contribution is 0.199. The Bertz CT molecular complexity index is 589. The van der Waals surface area contributed by atoms with Gasteiger partial charge in [0.05, 0.1) is 11.6 Å². The van der Waals surface area contributed by atoms with Crippen LogP contribution in [-0.2, 0) is 11.3 Å². The number of ether oxygens (including phenoxy) is 1. The van der Waals surface area contributed by atoms with Gasteiger partial charge in [0.25, 0.3) is 0 Å². The van der Waals surface area contributed by atoms with E-state index in [-0.39, 0.29) is 0 Å². The van der Waals surface area contributed by atoms with Gasteiger partial charge in [0.1, 0.15) is 0 Å². The molecule has 0 saturated heterocycles. The van der Waals surface area contributed by atoms with Gasteiger partial charge in [-0.3, -0.25) is 0 Å². The molecule has 0 spiro atoms. The molecule has 0 aliphatic carbocycles. The van der Waals surface area contributed by atoms with Gasteiger partial charge in [-0.25, -0.2) is 0 Å². The molecule has 0 atom stereocenters. The first-order chi connectivity index (χ1) is 10.2. The highest BCUT2D eigenvalue weighted by molar-refractivity contribution is 7.99. The summed E-state index contributed by atoms with van der Waals surface area (Å²) in [5.74, 6) is 0. The Morgan fingerprint density at radius 3 is 2.71 bits per heavy atom. The number of rotatable bonds is 7. The van der Waals surface area contributed by atoms with Crippen molar-refractivity contribution in [1.29, 1.82) is 0 Å². The largest absolute Gasteiger partial charge is 0.383 e. The predicted molar refractivity (Wildman–Crippen MR) is 90.3 cm³/mol. The highest BCUT2D eigenvalue weighted by Gasteiger charge is 2.04. The summed E-state index contributed by atoms with van der Waals surface area (Å²) < 4.78 is 5.03. The summed E-state index contributed by atoms with van der Waals surface area (Å²) >= 11 is 7.90. The van der Waals surface area contributed by atoms with Crippen LogP contribution in [0.2, 0.25) is 5.02 Å². The first-order valence-corrected chi connectivity index (χ1v) is 8.11. The normalized spacial score (nSPS) is 10.8. The first kappa shape index (κ1) is 16.4. The summed E-state index contributed by atoms with van der Waals surface area (Å²) in [5.41, 5.74) is 2.60. The summed E-state index contributed by atoms with van der Waals surface area (Å²) in [6.45, 7) is 4.61. The Hall–Kier alpha value is -1.00. The van der Waals surface area contributed by atoms with Crippen LogP contribution >= 0.6 is 23.4 Å². The van der Waals surface area contributed by atoms with Gasteiger partial charge in [0, 0.05) is 30.0 Å². The number of methoxy groups -OCH3 is 1. The van der Waals surface area contributed by atoms with E-state index in [1.54, 1.807) is 18.9 Å².